The fraction of sp³-hybridized carbons (Fsp3) is 0.385. The number of hydrogen-bond acceptors (Lipinski definition) is 4. The predicted octanol–water partition coefficient (Wildman–Crippen LogP) is 1.12. The molecule has 0 radical (unpaired) electrons. The minimum Gasteiger partial charge on any atom is -0.378 e. The molecule has 1 aliphatic rings. The lowest BCUT2D eigenvalue weighted by molar-refractivity contribution is 0.0676. The number of nitrogens with zero attached hydrogens (tertiary/aromatic N) is 1. The maximum atomic E-state index is 12.1. The summed E-state index contributed by atoms with van der Waals surface area (Å²) in [5.74, 6) is 0.134. The standard InChI is InChI=1S/C13H15N3O2/c17-13(6-10-7-18-4-3-14-10)9-1-2-11-12(5-9)16-8-15-11/h1-2,5,8,10,14H,3-4,6-7H2,(H,15,16). The lowest BCUT2D eigenvalue weighted by Crippen LogP contribution is -2.42. The molecule has 0 aliphatic carbocycles. The van der Waals surface area contributed by atoms with Gasteiger partial charge >= 0.3 is 0 Å². The van der Waals surface area contributed by atoms with Gasteiger partial charge < -0.3 is 15.0 Å². The van der Waals surface area contributed by atoms with Crippen molar-refractivity contribution in [3.8, 4) is 0 Å². The summed E-state index contributed by atoms with van der Waals surface area (Å²) in [6.07, 6.45) is 2.11. The molecule has 94 valence electrons. The van der Waals surface area contributed by atoms with E-state index in [0.717, 1.165) is 29.7 Å². The summed E-state index contributed by atoms with van der Waals surface area (Å²) < 4.78 is 5.35. The van der Waals surface area contributed by atoms with Crippen LogP contribution >= 0.6 is 0 Å². The number of rotatable bonds is 3. The minimum absolute atomic E-state index is 0.128. The Morgan fingerprint density at radius 3 is 3.28 bits per heavy atom. The molecule has 2 N–H and O–H groups in total. The number of carbonyl (C=O) groups excluding carboxylic acids is 1. The van der Waals surface area contributed by atoms with E-state index in [9.17, 15) is 4.79 Å². The summed E-state index contributed by atoms with van der Waals surface area (Å²) in [5, 5.41) is 3.29. The summed E-state index contributed by atoms with van der Waals surface area (Å²) in [6, 6.07) is 5.68. The molecule has 0 spiro atoms. The third kappa shape index (κ3) is 2.27. The van der Waals surface area contributed by atoms with Crippen molar-refractivity contribution in [3.05, 3.63) is 30.1 Å². The number of imidazole rings is 1. The maximum absolute atomic E-state index is 12.1. The maximum Gasteiger partial charge on any atom is 0.164 e. The van der Waals surface area contributed by atoms with Gasteiger partial charge in [-0.15, -0.1) is 0 Å². The number of Topliss-reactive ketones (excluding diaryl/α,β-unsaturated/α-hetero) is 1. The van der Waals surface area contributed by atoms with Gasteiger partial charge in [-0.05, 0) is 18.2 Å². The van der Waals surface area contributed by atoms with E-state index in [0.29, 0.717) is 13.0 Å². The topological polar surface area (TPSA) is 67.0 Å². The predicted molar refractivity (Wildman–Crippen MR) is 67.7 cm³/mol. The van der Waals surface area contributed by atoms with Crippen molar-refractivity contribution in [2.45, 2.75) is 12.5 Å². The van der Waals surface area contributed by atoms with Crippen molar-refractivity contribution in [3.63, 3.8) is 0 Å². The summed E-state index contributed by atoms with van der Waals surface area (Å²) in [7, 11) is 0. The van der Waals surface area contributed by atoms with Crippen molar-refractivity contribution in [2.75, 3.05) is 19.8 Å². The first-order valence-electron chi connectivity index (χ1n) is 6.10. The van der Waals surface area contributed by atoms with Gasteiger partial charge in [-0.2, -0.15) is 0 Å². The summed E-state index contributed by atoms with van der Waals surface area (Å²) in [4.78, 5) is 19.3. The molecule has 3 rings (SSSR count). The number of nitrogens with one attached hydrogen (secondary N) is 2. The highest BCUT2D eigenvalue weighted by atomic mass is 16.5. The molecule has 1 unspecified atom stereocenters. The Morgan fingerprint density at radius 1 is 1.50 bits per heavy atom. The summed E-state index contributed by atoms with van der Waals surface area (Å²) in [5.41, 5.74) is 2.50. The number of aromatic nitrogens is 2. The van der Waals surface area contributed by atoms with Crippen LogP contribution in [0.3, 0.4) is 0 Å². The first kappa shape index (κ1) is 11.4. The summed E-state index contributed by atoms with van der Waals surface area (Å²) in [6.45, 7) is 2.15. The third-order valence-electron chi connectivity index (χ3n) is 3.17. The lowest BCUT2D eigenvalue weighted by atomic mass is 10.0. The fourth-order valence-electron chi connectivity index (χ4n) is 2.20. The number of benzene rings is 1. The van der Waals surface area contributed by atoms with E-state index in [4.69, 9.17) is 4.74 Å². The number of H-pyrrole nitrogens is 1. The highest BCUT2D eigenvalue weighted by Crippen LogP contribution is 2.14. The van der Waals surface area contributed by atoms with E-state index >= 15 is 0 Å². The zero-order valence-corrected chi connectivity index (χ0v) is 9.98. The van der Waals surface area contributed by atoms with Crippen LogP contribution in [-0.2, 0) is 4.74 Å². The Kier molecular flexibility index (Phi) is 3.08. The van der Waals surface area contributed by atoms with Gasteiger partial charge in [-0.3, -0.25) is 4.79 Å². The number of ketones is 1. The van der Waals surface area contributed by atoms with Crippen LogP contribution in [0.25, 0.3) is 11.0 Å². The van der Waals surface area contributed by atoms with Gasteiger partial charge in [0.05, 0.1) is 30.6 Å². The fourth-order valence-corrected chi connectivity index (χ4v) is 2.20. The largest absolute Gasteiger partial charge is 0.378 e. The Labute approximate surface area is 105 Å². The van der Waals surface area contributed by atoms with Crippen LogP contribution in [0, 0.1) is 0 Å². The quantitative estimate of drug-likeness (QED) is 0.795. The van der Waals surface area contributed by atoms with Gasteiger partial charge in [0.2, 0.25) is 0 Å². The van der Waals surface area contributed by atoms with Gasteiger partial charge in [-0.25, -0.2) is 4.98 Å². The number of ether oxygens (including phenoxy) is 1. The molecule has 0 amide bonds. The van der Waals surface area contributed by atoms with Crippen LogP contribution in [0.4, 0.5) is 0 Å². The molecule has 1 aromatic heterocycles. The Balaban J connectivity index is 1.74. The van der Waals surface area contributed by atoms with Crippen LogP contribution in [0.15, 0.2) is 24.5 Å². The van der Waals surface area contributed by atoms with Gasteiger partial charge in [0, 0.05) is 24.6 Å². The second-order valence-electron chi connectivity index (χ2n) is 4.49. The van der Waals surface area contributed by atoms with Crippen LogP contribution in [-0.4, -0.2) is 41.6 Å². The highest BCUT2D eigenvalue weighted by molar-refractivity contribution is 5.99. The smallest absolute Gasteiger partial charge is 0.164 e. The molecule has 5 heteroatoms. The van der Waals surface area contributed by atoms with E-state index in [2.05, 4.69) is 15.3 Å². The second kappa shape index (κ2) is 4.88. The van der Waals surface area contributed by atoms with Crippen molar-refractivity contribution < 1.29 is 9.53 Å². The lowest BCUT2D eigenvalue weighted by Gasteiger charge is -2.23. The number of hydrogen-bond donors (Lipinski definition) is 2. The molecular weight excluding hydrogens is 230 g/mol. The molecule has 0 bridgehead atoms. The molecule has 2 heterocycles. The van der Waals surface area contributed by atoms with Crippen LogP contribution < -0.4 is 5.32 Å². The third-order valence-corrected chi connectivity index (χ3v) is 3.17. The van der Waals surface area contributed by atoms with Gasteiger partial charge in [0.25, 0.3) is 0 Å². The van der Waals surface area contributed by atoms with E-state index in [1.807, 2.05) is 18.2 Å². The van der Waals surface area contributed by atoms with Crippen LogP contribution in [0.1, 0.15) is 16.8 Å². The van der Waals surface area contributed by atoms with Crippen molar-refractivity contribution in [2.24, 2.45) is 0 Å². The molecule has 2 aromatic rings. The van der Waals surface area contributed by atoms with E-state index < -0.39 is 0 Å². The molecule has 1 saturated heterocycles. The molecule has 5 nitrogen and oxygen atoms in total. The molecule has 0 saturated carbocycles. The zero-order chi connectivity index (χ0) is 12.4. The first-order chi connectivity index (χ1) is 8.83. The Hall–Kier alpha value is -1.72. The highest BCUT2D eigenvalue weighted by Gasteiger charge is 2.18. The van der Waals surface area contributed by atoms with Crippen molar-refractivity contribution in [1.82, 2.24) is 15.3 Å². The van der Waals surface area contributed by atoms with Crippen molar-refractivity contribution in [1.29, 1.82) is 0 Å². The minimum atomic E-state index is 0.128. The normalized spacial score (nSPS) is 20.1. The number of fused-ring (bicyclic) bond motifs is 1. The number of carbonyl (C=O) groups is 1. The molecule has 1 fully saturated rings. The zero-order valence-electron chi connectivity index (χ0n) is 9.98. The Bertz CT molecular complexity index is 558. The van der Waals surface area contributed by atoms with E-state index in [1.54, 1.807) is 6.33 Å². The molecule has 18 heavy (non-hydrogen) atoms. The monoisotopic (exact) mass is 245 g/mol. The van der Waals surface area contributed by atoms with Crippen LogP contribution in [0.2, 0.25) is 0 Å². The first-order valence-corrected chi connectivity index (χ1v) is 6.10. The SMILES string of the molecule is O=C(CC1COCCN1)c1ccc2nc[nH]c2c1. The van der Waals surface area contributed by atoms with Crippen LogP contribution in [0.5, 0.6) is 0 Å². The van der Waals surface area contributed by atoms with Gasteiger partial charge in [0.1, 0.15) is 0 Å². The molecule has 1 aliphatic heterocycles. The van der Waals surface area contributed by atoms with E-state index in [-0.39, 0.29) is 11.8 Å². The number of morpholine rings is 1. The average Bonchev–Trinajstić information content (AvgIpc) is 2.87. The second-order valence-corrected chi connectivity index (χ2v) is 4.49. The van der Waals surface area contributed by atoms with E-state index in [1.165, 1.54) is 0 Å². The summed E-state index contributed by atoms with van der Waals surface area (Å²) >= 11 is 0. The Morgan fingerprint density at radius 2 is 2.44 bits per heavy atom. The van der Waals surface area contributed by atoms with Gasteiger partial charge in [0.15, 0.2) is 5.78 Å². The van der Waals surface area contributed by atoms with Gasteiger partial charge in [-0.1, -0.05) is 0 Å². The number of aromatic amines is 1. The molecule has 1 aromatic carbocycles. The molecular formula is C13H15N3O2. The molecule has 1 atom stereocenters. The van der Waals surface area contributed by atoms with Crippen molar-refractivity contribution >= 4 is 16.8 Å². The average molecular weight is 245 g/mol.